The second kappa shape index (κ2) is 5.94. The minimum absolute atomic E-state index is 0.120. The Morgan fingerprint density at radius 3 is 2.55 bits per heavy atom. The number of nitrogens with zero attached hydrogens (tertiary/aromatic N) is 2. The van der Waals surface area contributed by atoms with Crippen LogP contribution >= 0.6 is 0 Å². The minimum Gasteiger partial charge on any atom is -0.481 e. The molecule has 1 aromatic heterocycles. The van der Waals surface area contributed by atoms with Gasteiger partial charge in [0, 0.05) is 18.8 Å². The number of pyridine rings is 1. The highest BCUT2D eigenvalue weighted by molar-refractivity contribution is 5.93. The van der Waals surface area contributed by atoms with E-state index in [4.69, 9.17) is 5.11 Å². The number of piperidine rings is 1. The van der Waals surface area contributed by atoms with E-state index in [2.05, 4.69) is 4.98 Å². The third-order valence-corrected chi connectivity index (χ3v) is 3.88. The van der Waals surface area contributed by atoms with Crippen molar-refractivity contribution in [1.29, 1.82) is 0 Å². The Kier molecular flexibility index (Phi) is 4.39. The number of carbonyl (C=O) groups excluding carboxylic acids is 1. The van der Waals surface area contributed by atoms with Crippen LogP contribution < -0.4 is 0 Å². The van der Waals surface area contributed by atoms with E-state index in [9.17, 15) is 22.8 Å². The van der Waals surface area contributed by atoms with E-state index in [1.54, 1.807) is 6.92 Å². The molecule has 0 radical (unpaired) electrons. The van der Waals surface area contributed by atoms with E-state index in [-0.39, 0.29) is 5.69 Å². The summed E-state index contributed by atoms with van der Waals surface area (Å²) in [6, 6.07) is 1.29. The summed E-state index contributed by atoms with van der Waals surface area (Å²) in [5, 5.41) is 9.13. The SMILES string of the molecule is C[C@@H]1[C@H](C(=O)O)CCCN1C(=O)c1ccc(C(F)(F)F)cn1. The molecule has 22 heavy (non-hydrogen) atoms. The zero-order valence-electron chi connectivity index (χ0n) is 11.8. The summed E-state index contributed by atoms with van der Waals surface area (Å²) in [6.07, 6.45) is -2.90. The van der Waals surface area contributed by atoms with E-state index >= 15 is 0 Å². The van der Waals surface area contributed by atoms with Crippen LogP contribution in [0.2, 0.25) is 0 Å². The fourth-order valence-corrected chi connectivity index (χ4v) is 2.60. The van der Waals surface area contributed by atoms with Crippen LogP contribution in [0.1, 0.15) is 35.8 Å². The average Bonchev–Trinajstić information content (AvgIpc) is 2.45. The normalized spacial score (nSPS) is 22.5. The second-order valence-corrected chi connectivity index (χ2v) is 5.26. The van der Waals surface area contributed by atoms with E-state index < -0.39 is 35.6 Å². The lowest BCUT2D eigenvalue weighted by Crippen LogP contribution is -2.49. The summed E-state index contributed by atoms with van der Waals surface area (Å²) in [7, 11) is 0. The Labute approximate surface area is 124 Å². The van der Waals surface area contributed by atoms with Crippen LogP contribution in [0.3, 0.4) is 0 Å². The van der Waals surface area contributed by atoms with Crippen LogP contribution in [0.25, 0.3) is 0 Å². The summed E-state index contributed by atoms with van der Waals surface area (Å²) >= 11 is 0. The molecule has 1 saturated heterocycles. The van der Waals surface area contributed by atoms with Gasteiger partial charge in [-0.3, -0.25) is 14.6 Å². The summed E-state index contributed by atoms with van der Waals surface area (Å²) in [5.41, 5.74) is -1.05. The first kappa shape index (κ1) is 16.3. The Bertz CT molecular complexity index is 572. The van der Waals surface area contributed by atoms with Crippen molar-refractivity contribution in [1.82, 2.24) is 9.88 Å². The smallest absolute Gasteiger partial charge is 0.417 e. The molecular weight excluding hydrogens is 301 g/mol. The van der Waals surface area contributed by atoms with E-state index in [0.29, 0.717) is 25.6 Å². The molecule has 0 spiro atoms. The number of amides is 1. The molecular formula is C14H15F3N2O3. The quantitative estimate of drug-likeness (QED) is 0.909. The number of hydrogen-bond donors (Lipinski definition) is 1. The van der Waals surface area contributed by atoms with Gasteiger partial charge < -0.3 is 10.0 Å². The van der Waals surface area contributed by atoms with Gasteiger partial charge >= 0.3 is 12.1 Å². The Balaban J connectivity index is 2.19. The third-order valence-electron chi connectivity index (χ3n) is 3.88. The van der Waals surface area contributed by atoms with Gasteiger partial charge in [-0.25, -0.2) is 0 Å². The molecule has 1 fully saturated rings. The van der Waals surface area contributed by atoms with Gasteiger partial charge in [-0.1, -0.05) is 0 Å². The molecule has 1 amide bonds. The molecule has 0 saturated carbocycles. The summed E-state index contributed by atoms with van der Waals surface area (Å²) in [6.45, 7) is 1.99. The maximum atomic E-state index is 12.5. The Morgan fingerprint density at radius 1 is 1.36 bits per heavy atom. The summed E-state index contributed by atoms with van der Waals surface area (Å²) in [4.78, 5) is 28.4. The maximum Gasteiger partial charge on any atom is 0.417 e. The molecule has 120 valence electrons. The first-order valence-electron chi connectivity index (χ1n) is 6.79. The number of hydrogen-bond acceptors (Lipinski definition) is 3. The van der Waals surface area contributed by atoms with Crippen molar-refractivity contribution in [3.8, 4) is 0 Å². The minimum atomic E-state index is -4.51. The second-order valence-electron chi connectivity index (χ2n) is 5.26. The van der Waals surface area contributed by atoms with Gasteiger partial charge in [0.05, 0.1) is 11.5 Å². The fourth-order valence-electron chi connectivity index (χ4n) is 2.60. The lowest BCUT2D eigenvalue weighted by molar-refractivity contribution is -0.145. The number of likely N-dealkylation sites (tertiary alicyclic amines) is 1. The topological polar surface area (TPSA) is 70.5 Å². The third kappa shape index (κ3) is 3.20. The Morgan fingerprint density at radius 2 is 2.05 bits per heavy atom. The molecule has 0 aromatic carbocycles. The lowest BCUT2D eigenvalue weighted by Gasteiger charge is -2.37. The molecule has 2 atom stereocenters. The first-order valence-corrected chi connectivity index (χ1v) is 6.79. The number of halogens is 3. The van der Waals surface area contributed by atoms with E-state index in [0.717, 1.165) is 12.1 Å². The molecule has 1 aliphatic rings. The largest absolute Gasteiger partial charge is 0.481 e. The number of rotatable bonds is 2. The fraction of sp³-hybridized carbons (Fsp3) is 0.500. The van der Waals surface area contributed by atoms with Crippen molar-refractivity contribution in [3.63, 3.8) is 0 Å². The maximum absolute atomic E-state index is 12.5. The zero-order valence-corrected chi connectivity index (χ0v) is 11.8. The summed E-state index contributed by atoms with van der Waals surface area (Å²) < 4.78 is 37.4. The van der Waals surface area contributed by atoms with Gasteiger partial charge in [0.1, 0.15) is 5.69 Å². The number of aromatic nitrogens is 1. The van der Waals surface area contributed by atoms with Gasteiger partial charge in [-0.05, 0) is 31.9 Å². The molecule has 2 heterocycles. The zero-order chi connectivity index (χ0) is 16.5. The number of carboxylic acids is 1. The van der Waals surface area contributed by atoms with Crippen LogP contribution in [-0.4, -0.2) is 39.5 Å². The summed E-state index contributed by atoms with van der Waals surface area (Å²) in [5.74, 6) is -2.20. The van der Waals surface area contributed by atoms with Crippen molar-refractivity contribution in [3.05, 3.63) is 29.6 Å². The molecule has 0 unspecified atom stereocenters. The van der Waals surface area contributed by atoms with Crippen molar-refractivity contribution >= 4 is 11.9 Å². The predicted octanol–water partition coefficient (Wildman–Crippen LogP) is 2.43. The van der Waals surface area contributed by atoms with Gasteiger partial charge in [0.25, 0.3) is 5.91 Å². The molecule has 0 aliphatic carbocycles. The van der Waals surface area contributed by atoms with Crippen LogP contribution in [-0.2, 0) is 11.0 Å². The number of aliphatic carboxylic acids is 1. The molecule has 8 heteroatoms. The van der Waals surface area contributed by atoms with Crippen LogP contribution in [0.5, 0.6) is 0 Å². The molecule has 0 bridgehead atoms. The first-order chi connectivity index (χ1) is 10.2. The van der Waals surface area contributed by atoms with Crippen molar-refractivity contribution in [2.45, 2.75) is 32.0 Å². The van der Waals surface area contributed by atoms with Crippen molar-refractivity contribution < 1.29 is 27.9 Å². The molecule has 1 aromatic rings. The monoisotopic (exact) mass is 316 g/mol. The highest BCUT2D eigenvalue weighted by Gasteiger charge is 2.36. The van der Waals surface area contributed by atoms with Crippen molar-refractivity contribution in [2.24, 2.45) is 5.92 Å². The van der Waals surface area contributed by atoms with E-state index in [1.165, 1.54) is 4.90 Å². The highest BCUT2D eigenvalue weighted by Crippen LogP contribution is 2.29. The lowest BCUT2D eigenvalue weighted by atomic mass is 9.90. The van der Waals surface area contributed by atoms with Crippen molar-refractivity contribution in [2.75, 3.05) is 6.54 Å². The molecule has 5 nitrogen and oxygen atoms in total. The standard InChI is InChI=1S/C14H15F3N2O3/c1-8-10(13(21)22)3-2-6-19(8)12(20)11-5-4-9(7-18-11)14(15,16)17/h4-5,7-8,10H,2-3,6H2,1H3,(H,21,22)/t8-,10-/m1/s1. The van der Waals surface area contributed by atoms with Crippen LogP contribution in [0.4, 0.5) is 13.2 Å². The molecule has 2 rings (SSSR count). The number of carboxylic acid groups (broad SMARTS) is 1. The van der Waals surface area contributed by atoms with Gasteiger partial charge in [0.15, 0.2) is 0 Å². The Hall–Kier alpha value is -2.12. The van der Waals surface area contributed by atoms with Gasteiger partial charge in [0.2, 0.25) is 0 Å². The van der Waals surface area contributed by atoms with Gasteiger partial charge in [-0.2, -0.15) is 13.2 Å². The van der Waals surface area contributed by atoms with Gasteiger partial charge in [-0.15, -0.1) is 0 Å². The molecule has 1 aliphatic heterocycles. The van der Waals surface area contributed by atoms with Crippen LogP contribution in [0, 0.1) is 5.92 Å². The molecule has 1 N–H and O–H groups in total. The van der Waals surface area contributed by atoms with Crippen LogP contribution in [0.15, 0.2) is 18.3 Å². The number of alkyl halides is 3. The highest BCUT2D eigenvalue weighted by atomic mass is 19.4. The predicted molar refractivity (Wildman–Crippen MR) is 70.1 cm³/mol. The van der Waals surface area contributed by atoms with E-state index in [1.807, 2.05) is 0 Å². The average molecular weight is 316 g/mol. The number of carbonyl (C=O) groups is 2.